The van der Waals surface area contributed by atoms with Crippen molar-refractivity contribution >= 4 is 5.84 Å². The van der Waals surface area contributed by atoms with Gasteiger partial charge in [0.25, 0.3) is 5.91 Å². The van der Waals surface area contributed by atoms with Gasteiger partial charge in [-0.15, -0.1) is 0 Å². The lowest BCUT2D eigenvalue weighted by Crippen LogP contribution is -2.39. The van der Waals surface area contributed by atoms with Gasteiger partial charge in [0.1, 0.15) is 11.3 Å². The summed E-state index contributed by atoms with van der Waals surface area (Å²) in [7, 11) is 0. The van der Waals surface area contributed by atoms with Crippen LogP contribution in [0.4, 0.5) is 0 Å². The minimum Gasteiger partial charge on any atom is -0.454 e. The highest BCUT2D eigenvalue weighted by atomic mass is 16.8. The van der Waals surface area contributed by atoms with E-state index in [0.29, 0.717) is 11.5 Å². The molecule has 1 aromatic rings. The monoisotopic (exact) mass is 338 g/mol. The Hall–Kier alpha value is -2.81. The maximum Gasteiger partial charge on any atom is 0.293 e. The van der Waals surface area contributed by atoms with Crippen molar-refractivity contribution in [2.24, 2.45) is 21.6 Å². The number of hydrogen-bond acceptors (Lipinski definition) is 8. The first-order valence-corrected chi connectivity index (χ1v) is 7.94. The van der Waals surface area contributed by atoms with Crippen molar-refractivity contribution in [3.05, 3.63) is 23.8 Å². The summed E-state index contributed by atoms with van der Waals surface area (Å²) in [5, 5.41) is 20.0. The molecular weight excluding hydrogens is 324 g/mol. The molecular formula is C17H14N4O4. The lowest BCUT2D eigenvalue weighted by Gasteiger charge is -2.26. The number of rotatable bonds is 1. The third-order valence-electron chi connectivity index (χ3n) is 5.53. The molecule has 2 N–H and O–H groups in total. The Kier molecular flexibility index (Phi) is 2.46. The first kappa shape index (κ1) is 14.5. The van der Waals surface area contributed by atoms with Crippen molar-refractivity contribution < 1.29 is 18.9 Å². The Morgan fingerprint density at radius 3 is 2.72 bits per heavy atom. The number of hydrogen-bond donors (Lipinski definition) is 1. The lowest BCUT2D eigenvalue weighted by molar-refractivity contribution is -0.193. The first-order chi connectivity index (χ1) is 12.0. The Bertz CT molecular complexity index is 918. The molecule has 5 rings (SSSR count). The lowest BCUT2D eigenvalue weighted by atomic mass is 9.94. The van der Waals surface area contributed by atoms with E-state index in [1.165, 1.54) is 0 Å². The average molecular weight is 338 g/mol. The first-order valence-electron chi connectivity index (χ1n) is 7.94. The van der Waals surface area contributed by atoms with Crippen molar-refractivity contribution in [1.82, 2.24) is 0 Å². The van der Waals surface area contributed by atoms with Gasteiger partial charge in [0.05, 0.1) is 24.8 Å². The van der Waals surface area contributed by atoms with E-state index in [-0.39, 0.29) is 25.3 Å². The standard InChI is InChI=1S/C17H14N4O4/c1-9-5-24-17(25-9)16(7-19)13(15(16,6-18)14(20)21-17)10-2-3-11-12(4-10)23-8-22-11/h2-4,9,13H,5,8H2,1H3,(H2,20,21). The van der Waals surface area contributed by atoms with Crippen LogP contribution in [-0.2, 0) is 9.47 Å². The highest BCUT2D eigenvalue weighted by Gasteiger charge is 2.94. The van der Waals surface area contributed by atoms with Crippen LogP contribution in [0.15, 0.2) is 23.2 Å². The van der Waals surface area contributed by atoms with Gasteiger partial charge in [-0.3, -0.25) is 0 Å². The van der Waals surface area contributed by atoms with Crippen molar-refractivity contribution in [3.8, 4) is 23.6 Å². The van der Waals surface area contributed by atoms with Crippen LogP contribution >= 0.6 is 0 Å². The van der Waals surface area contributed by atoms with Gasteiger partial charge in [-0.2, -0.15) is 10.5 Å². The van der Waals surface area contributed by atoms with Crippen molar-refractivity contribution in [2.45, 2.75) is 24.9 Å². The van der Waals surface area contributed by atoms with Crippen LogP contribution in [0, 0.1) is 33.5 Å². The van der Waals surface area contributed by atoms with Crippen LogP contribution < -0.4 is 15.2 Å². The van der Waals surface area contributed by atoms with Gasteiger partial charge in [0.2, 0.25) is 6.79 Å². The Morgan fingerprint density at radius 1 is 1.24 bits per heavy atom. The molecule has 0 amide bonds. The fraction of sp³-hybridized carbons (Fsp3) is 0.471. The summed E-state index contributed by atoms with van der Waals surface area (Å²) in [5.74, 6) is -0.775. The molecule has 0 aromatic heterocycles. The summed E-state index contributed by atoms with van der Waals surface area (Å²) in [6.45, 7) is 2.26. The van der Waals surface area contributed by atoms with E-state index in [9.17, 15) is 10.5 Å². The molecule has 1 saturated carbocycles. The molecule has 3 aliphatic heterocycles. The van der Waals surface area contributed by atoms with E-state index < -0.39 is 22.7 Å². The van der Waals surface area contributed by atoms with Gasteiger partial charge in [-0.25, -0.2) is 4.99 Å². The largest absolute Gasteiger partial charge is 0.454 e. The van der Waals surface area contributed by atoms with Crippen molar-refractivity contribution in [3.63, 3.8) is 0 Å². The summed E-state index contributed by atoms with van der Waals surface area (Å²) >= 11 is 0. The molecule has 8 heteroatoms. The summed E-state index contributed by atoms with van der Waals surface area (Å²) in [5.41, 5.74) is 4.27. The van der Waals surface area contributed by atoms with Crippen LogP contribution in [0.2, 0.25) is 0 Å². The number of amidine groups is 1. The maximum absolute atomic E-state index is 10.1. The van der Waals surface area contributed by atoms with Gasteiger partial charge in [0.15, 0.2) is 16.9 Å². The highest BCUT2D eigenvalue weighted by molar-refractivity contribution is 6.00. The third-order valence-corrected chi connectivity index (χ3v) is 5.53. The number of nitriles is 2. The molecule has 5 unspecified atom stereocenters. The molecule has 2 fully saturated rings. The average Bonchev–Trinajstić information content (AvgIpc) is 2.90. The molecule has 1 spiro atoms. The fourth-order valence-corrected chi connectivity index (χ4v) is 4.45. The topological polar surface area (TPSA) is 123 Å². The van der Waals surface area contributed by atoms with E-state index >= 15 is 0 Å². The van der Waals surface area contributed by atoms with Crippen LogP contribution in [0.1, 0.15) is 18.4 Å². The predicted molar refractivity (Wildman–Crippen MR) is 82.3 cm³/mol. The molecule has 5 atom stereocenters. The minimum absolute atomic E-state index is 0.0771. The van der Waals surface area contributed by atoms with E-state index in [1.807, 2.05) is 13.0 Å². The number of fused-ring (bicyclic) bond motifs is 3. The number of aliphatic imine (C=N–C) groups is 1. The SMILES string of the molecule is CC1COC2(N=C(N)C3(C#N)C(c4ccc5c(c4)OCO5)C23C#N)O1. The normalized spacial score (nSPS) is 42.6. The van der Waals surface area contributed by atoms with Crippen LogP contribution in [0.3, 0.4) is 0 Å². The number of nitrogens with zero attached hydrogens (tertiary/aromatic N) is 3. The molecule has 0 bridgehead atoms. The number of ether oxygens (including phenoxy) is 4. The molecule has 25 heavy (non-hydrogen) atoms. The second-order valence-corrected chi connectivity index (χ2v) is 6.70. The van der Waals surface area contributed by atoms with Crippen LogP contribution in [0.25, 0.3) is 0 Å². The molecule has 126 valence electrons. The van der Waals surface area contributed by atoms with Crippen molar-refractivity contribution in [2.75, 3.05) is 13.4 Å². The van der Waals surface area contributed by atoms with Gasteiger partial charge >= 0.3 is 0 Å². The molecule has 3 heterocycles. The molecule has 8 nitrogen and oxygen atoms in total. The molecule has 1 saturated heterocycles. The van der Waals surface area contributed by atoms with E-state index in [4.69, 9.17) is 24.7 Å². The van der Waals surface area contributed by atoms with E-state index in [2.05, 4.69) is 17.1 Å². The minimum atomic E-state index is -1.54. The number of benzene rings is 1. The zero-order chi connectivity index (χ0) is 17.4. The fourth-order valence-electron chi connectivity index (χ4n) is 4.45. The molecule has 4 aliphatic rings. The molecule has 0 radical (unpaired) electrons. The van der Waals surface area contributed by atoms with Gasteiger partial charge in [0, 0.05) is 5.92 Å². The van der Waals surface area contributed by atoms with Crippen molar-refractivity contribution in [1.29, 1.82) is 10.5 Å². The quantitative estimate of drug-likeness (QED) is 0.810. The highest BCUT2D eigenvalue weighted by Crippen LogP contribution is 2.82. The van der Waals surface area contributed by atoms with E-state index in [1.54, 1.807) is 12.1 Å². The van der Waals surface area contributed by atoms with Gasteiger partial charge in [-0.1, -0.05) is 6.07 Å². The van der Waals surface area contributed by atoms with Crippen LogP contribution in [0.5, 0.6) is 11.5 Å². The second kappa shape index (κ2) is 4.23. The second-order valence-electron chi connectivity index (χ2n) is 6.70. The summed E-state index contributed by atoms with van der Waals surface area (Å²) in [4.78, 5) is 4.28. The summed E-state index contributed by atoms with van der Waals surface area (Å²) < 4.78 is 22.4. The summed E-state index contributed by atoms with van der Waals surface area (Å²) in [6, 6.07) is 9.85. The van der Waals surface area contributed by atoms with Crippen LogP contribution in [-0.4, -0.2) is 31.3 Å². The predicted octanol–water partition coefficient (Wildman–Crippen LogP) is 0.992. The third kappa shape index (κ3) is 1.34. The van der Waals surface area contributed by atoms with E-state index in [0.717, 1.165) is 5.56 Å². The Labute approximate surface area is 143 Å². The van der Waals surface area contributed by atoms with Gasteiger partial charge in [-0.05, 0) is 24.6 Å². The zero-order valence-electron chi connectivity index (χ0n) is 13.4. The Morgan fingerprint density at radius 2 is 2.04 bits per heavy atom. The van der Waals surface area contributed by atoms with Gasteiger partial charge < -0.3 is 24.7 Å². The molecule has 1 aromatic carbocycles. The number of nitrogens with two attached hydrogens (primary N) is 1. The zero-order valence-corrected chi connectivity index (χ0v) is 13.4. The summed E-state index contributed by atoms with van der Waals surface area (Å²) in [6.07, 6.45) is -0.241. The maximum atomic E-state index is 10.1. The smallest absolute Gasteiger partial charge is 0.293 e. The Balaban J connectivity index is 1.68. The molecule has 1 aliphatic carbocycles.